The topological polar surface area (TPSA) is 45.2 Å². The van der Waals surface area contributed by atoms with Gasteiger partial charge in [-0.25, -0.2) is 4.98 Å². The van der Waals surface area contributed by atoms with Crippen molar-refractivity contribution in [2.24, 2.45) is 0 Å². The van der Waals surface area contributed by atoms with Crippen LogP contribution < -0.4 is 5.32 Å². The lowest BCUT2D eigenvalue weighted by molar-refractivity contribution is -0.111. The van der Waals surface area contributed by atoms with Gasteiger partial charge in [-0.05, 0) is 61.7 Å². The van der Waals surface area contributed by atoms with Crippen molar-refractivity contribution in [3.63, 3.8) is 0 Å². The van der Waals surface area contributed by atoms with E-state index in [0.717, 1.165) is 13.0 Å². The fourth-order valence-electron chi connectivity index (χ4n) is 2.31. The second-order valence-corrected chi connectivity index (χ2v) is 4.71. The first-order chi connectivity index (χ1) is 10.2. The van der Waals surface area contributed by atoms with Crippen LogP contribution in [0.3, 0.4) is 0 Å². The molecule has 1 atom stereocenters. The van der Waals surface area contributed by atoms with E-state index in [-0.39, 0.29) is 0 Å². The maximum atomic E-state index is 11.5. The number of nitrogens with one attached hydrogen (secondary N) is 1. The Balaban J connectivity index is 1.97. The molecule has 1 saturated heterocycles. The van der Waals surface area contributed by atoms with Crippen molar-refractivity contribution in [1.82, 2.24) is 9.88 Å². The summed E-state index contributed by atoms with van der Waals surface area (Å²) in [6.45, 7) is 1.11. The Kier molecular flexibility index (Phi) is 4.99. The van der Waals surface area contributed by atoms with E-state index in [2.05, 4.69) is 51.9 Å². The molecule has 0 saturated carbocycles. The van der Waals surface area contributed by atoms with Crippen LogP contribution >= 0.6 is 0 Å². The minimum Gasteiger partial charge on any atom is -0.300 e. The van der Waals surface area contributed by atoms with Gasteiger partial charge in [0.25, 0.3) is 0 Å². The number of terminal acetylenes is 1. The molecule has 1 aromatic heterocycles. The van der Waals surface area contributed by atoms with Gasteiger partial charge in [-0.2, -0.15) is 0 Å². The second-order valence-electron chi connectivity index (χ2n) is 4.71. The minimum absolute atomic E-state index is 0.418. The number of pyridine rings is 1. The van der Waals surface area contributed by atoms with Gasteiger partial charge in [0.05, 0.1) is 0 Å². The first-order valence-electron chi connectivity index (χ1n) is 6.64. The van der Waals surface area contributed by atoms with Crippen LogP contribution in [-0.2, 0) is 4.79 Å². The summed E-state index contributed by atoms with van der Waals surface area (Å²) in [6.07, 6.45) is 9.08. The van der Waals surface area contributed by atoms with Crippen LogP contribution in [0.4, 0.5) is 5.82 Å². The Morgan fingerprint density at radius 2 is 2.29 bits per heavy atom. The first-order valence-corrected chi connectivity index (χ1v) is 6.64. The lowest BCUT2D eigenvalue weighted by Gasteiger charge is -2.19. The highest BCUT2D eigenvalue weighted by Crippen LogP contribution is 2.29. The second kappa shape index (κ2) is 7.15. The van der Waals surface area contributed by atoms with Crippen LogP contribution in [0.15, 0.2) is 18.3 Å². The van der Waals surface area contributed by atoms with E-state index >= 15 is 0 Å². The standard InChI is InChI=1S/C17H15N3O/c1-3-4-5-6-9-17(21)19-16-11-10-14(13-18-16)15-8-7-12-20(15)2/h1,10-11,13,15H,7-8,12H2,2H3,(H,18,19,21). The van der Waals surface area contributed by atoms with Gasteiger partial charge in [0.15, 0.2) is 0 Å². The zero-order valence-electron chi connectivity index (χ0n) is 11.8. The number of carbonyl (C=O) groups is 1. The number of nitrogens with zero attached hydrogens (tertiary/aromatic N) is 2. The number of hydrogen-bond donors (Lipinski definition) is 1. The van der Waals surface area contributed by atoms with Gasteiger partial charge < -0.3 is 0 Å². The number of carbonyl (C=O) groups excluding carboxylic acids is 1. The summed E-state index contributed by atoms with van der Waals surface area (Å²) in [5.74, 6) is 11.5. The predicted molar refractivity (Wildman–Crippen MR) is 81.9 cm³/mol. The molecule has 0 aliphatic carbocycles. The summed E-state index contributed by atoms with van der Waals surface area (Å²) in [4.78, 5) is 18.1. The molecule has 21 heavy (non-hydrogen) atoms. The first kappa shape index (κ1) is 14.7. The molecule has 1 aromatic rings. The predicted octanol–water partition coefficient (Wildman–Crippen LogP) is 1.43. The van der Waals surface area contributed by atoms with E-state index in [1.807, 2.05) is 6.07 Å². The number of likely N-dealkylation sites (tertiary alicyclic amines) is 1. The van der Waals surface area contributed by atoms with E-state index in [1.54, 1.807) is 12.3 Å². The van der Waals surface area contributed by atoms with Crippen LogP contribution in [0.5, 0.6) is 0 Å². The fraction of sp³-hybridized carbons (Fsp3) is 0.294. The molecule has 2 heterocycles. The Bertz CT molecular complexity index is 677. The van der Waals surface area contributed by atoms with Crippen LogP contribution in [0.25, 0.3) is 0 Å². The van der Waals surface area contributed by atoms with E-state index in [1.165, 1.54) is 12.0 Å². The van der Waals surface area contributed by atoms with Gasteiger partial charge in [-0.3, -0.25) is 15.0 Å². The molecule has 4 nitrogen and oxygen atoms in total. The average molecular weight is 277 g/mol. The summed E-state index contributed by atoms with van der Waals surface area (Å²) in [5.41, 5.74) is 1.17. The molecule has 1 fully saturated rings. The highest BCUT2D eigenvalue weighted by Gasteiger charge is 2.22. The monoisotopic (exact) mass is 277 g/mol. The molecular weight excluding hydrogens is 262 g/mol. The summed E-state index contributed by atoms with van der Waals surface area (Å²) in [6, 6.07) is 4.19. The molecule has 2 rings (SSSR count). The molecule has 104 valence electrons. The zero-order valence-corrected chi connectivity index (χ0v) is 11.8. The van der Waals surface area contributed by atoms with Crippen molar-refractivity contribution < 1.29 is 4.79 Å². The fourth-order valence-corrected chi connectivity index (χ4v) is 2.31. The van der Waals surface area contributed by atoms with Crippen LogP contribution in [0.1, 0.15) is 24.4 Å². The van der Waals surface area contributed by atoms with Crippen LogP contribution in [-0.4, -0.2) is 29.4 Å². The molecule has 0 aromatic carbocycles. The smallest absolute Gasteiger partial charge is 0.300 e. The van der Waals surface area contributed by atoms with Gasteiger partial charge in [0.2, 0.25) is 0 Å². The Labute approximate surface area is 124 Å². The summed E-state index contributed by atoms with van der Waals surface area (Å²) >= 11 is 0. The normalized spacial score (nSPS) is 16.9. The maximum absolute atomic E-state index is 11.5. The zero-order chi connectivity index (χ0) is 15.1. The maximum Gasteiger partial charge on any atom is 0.302 e. The van der Waals surface area contributed by atoms with Gasteiger partial charge in [0.1, 0.15) is 5.82 Å². The van der Waals surface area contributed by atoms with E-state index in [9.17, 15) is 4.79 Å². The average Bonchev–Trinajstić information content (AvgIpc) is 2.91. The third-order valence-corrected chi connectivity index (χ3v) is 3.31. The van der Waals surface area contributed by atoms with Crippen LogP contribution in [0.2, 0.25) is 0 Å². The van der Waals surface area contributed by atoms with Crippen molar-refractivity contribution in [3.05, 3.63) is 23.9 Å². The van der Waals surface area contributed by atoms with Crippen molar-refractivity contribution in [3.8, 4) is 36.0 Å². The Morgan fingerprint density at radius 3 is 2.90 bits per heavy atom. The number of rotatable bonds is 2. The summed E-state index contributed by atoms with van der Waals surface area (Å²) < 4.78 is 0. The van der Waals surface area contributed by atoms with Gasteiger partial charge >= 0.3 is 5.91 Å². The number of hydrogen-bond acceptors (Lipinski definition) is 3. The lowest BCUT2D eigenvalue weighted by Crippen LogP contribution is -2.17. The minimum atomic E-state index is -0.459. The molecule has 1 N–H and O–H groups in total. The third-order valence-electron chi connectivity index (χ3n) is 3.31. The van der Waals surface area contributed by atoms with Crippen molar-refractivity contribution >= 4 is 11.7 Å². The quantitative estimate of drug-likeness (QED) is 0.832. The van der Waals surface area contributed by atoms with Gasteiger partial charge in [-0.1, -0.05) is 6.07 Å². The van der Waals surface area contributed by atoms with Crippen molar-refractivity contribution in [2.75, 3.05) is 18.9 Å². The van der Waals surface area contributed by atoms with E-state index in [4.69, 9.17) is 6.42 Å². The number of amides is 1. The van der Waals surface area contributed by atoms with Gasteiger partial charge in [0, 0.05) is 18.2 Å². The number of aromatic nitrogens is 1. The molecule has 1 aliphatic rings. The molecule has 0 spiro atoms. The highest BCUT2D eigenvalue weighted by molar-refractivity contribution is 6.03. The highest BCUT2D eigenvalue weighted by atomic mass is 16.1. The Morgan fingerprint density at radius 1 is 1.43 bits per heavy atom. The third kappa shape index (κ3) is 4.11. The van der Waals surface area contributed by atoms with E-state index < -0.39 is 5.91 Å². The van der Waals surface area contributed by atoms with Crippen molar-refractivity contribution in [2.45, 2.75) is 18.9 Å². The lowest BCUT2D eigenvalue weighted by atomic mass is 10.1. The molecule has 4 heteroatoms. The van der Waals surface area contributed by atoms with E-state index in [0.29, 0.717) is 11.9 Å². The molecule has 0 radical (unpaired) electrons. The summed E-state index contributed by atoms with van der Waals surface area (Å²) in [5, 5.41) is 2.59. The largest absolute Gasteiger partial charge is 0.302 e. The molecule has 0 bridgehead atoms. The van der Waals surface area contributed by atoms with Crippen molar-refractivity contribution in [1.29, 1.82) is 0 Å². The molecule has 1 amide bonds. The number of anilines is 1. The summed E-state index contributed by atoms with van der Waals surface area (Å²) in [7, 11) is 2.11. The SMILES string of the molecule is C#CC#CC#CC(=O)Nc1ccc(C2CCCN2C)cn1. The Hall–Kier alpha value is -2.74. The van der Waals surface area contributed by atoms with Crippen LogP contribution in [0, 0.1) is 36.0 Å². The molecule has 1 aliphatic heterocycles. The molecular formula is C17H15N3O. The molecule has 1 unspecified atom stereocenters. The van der Waals surface area contributed by atoms with Gasteiger partial charge in [-0.15, -0.1) is 6.42 Å².